The molecule has 3 rings (SSSR count). The molecule has 0 aliphatic heterocycles. The Balaban J connectivity index is 1.60. The van der Waals surface area contributed by atoms with Crippen LogP contribution in [0.1, 0.15) is 57.3 Å². The summed E-state index contributed by atoms with van der Waals surface area (Å²) in [7, 11) is 1.55. The monoisotopic (exact) mass is 475 g/mol. The van der Waals surface area contributed by atoms with Gasteiger partial charge in [0.25, 0.3) is 0 Å². The zero-order valence-corrected chi connectivity index (χ0v) is 20.8. The molecule has 35 heavy (non-hydrogen) atoms. The van der Waals surface area contributed by atoms with Crippen molar-refractivity contribution in [3.05, 3.63) is 71.8 Å². The molecule has 2 N–H and O–H groups in total. The highest BCUT2D eigenvalue weighted by Crippen LogP contribution is 2.24. The van der Waals surface area contributed by atoms with Crippen LogP contribution >= 0.6 is 0 Å². The minimum Gasteiger partial charge on any atom is -0.481 e. The van der Waals surface area contributed by atoms with Gasteiger partial charge in [0.05, 0.1) is 19.6 Å². The smallest absolute Gasteiger partial charge is 0.308 e. The van der Waals surface area contributed by atoms with Gasteiger partial charge in [0.1, 0.15) is 5.60 Å². The van der Waals surface area contributed by atoms with Gasteiger partial charge in [0.15, 0.2) is 5.65 Å². The van der Waals surface area contributed by atoms with E-state index in [1.165, 1.54) is 0 Å². The van der Waals surface area contributed by atoms with Crippen LogP contribution in [0.4, 0.5) is 0 Å². The van der Waals surface area contributed by atoms with Crippen LogP contribution in [0.25, 0.3) is 11.0 Å². The van der Waals surface area contributed by atoms with Crippen molar-refractivity contribution in [1.82, 2.24) is 15.0 Å². The summed E-state index contributed by atoms with van der Waals surface area (Å²) in [6, 6.07) is 11.1. The molecule has 3 heterocycles. The van der Waals surface area contributed by atoms with Crippen LogP contribution < -0.4 is 10.5 Å². The standard InChI is InChI=1S/C27H33N5O3/c1-27(2,3)35-25(33)17-23(20-11-13-24(34-4)31-18-20)29-16-14-21(28)8-5-9-22-12-10-19-7-6-15-30-26(19)32-22/h6-7,10-16,18,23H,5,8-9,17,28H2,1-4H3. The molecule has 1 unspecified atom stereocenters. The van der Waals surface area contributed by atoms with E-state index < -0.39 is 11.6 Å². The quantitative estimate of drug-likeness (QED) is 0.333. The molecule has 0 aliphatic rings. The van der Waals surface area contributed by atoms with Crippen molar-refractivity contribution in [2.75, 3.05) is 7.11 Å². The second-order valence-electron chi connectivity index (χ2n) is 9.19. The fourth-order valence-corrected chi connectivity index (χ4v) is 3.44. The molecular formula is C27H33N5O3. The maximum atomic E-state index is 12.4. The molecular weight excluding hydrogens is 442 g/mol. The zero-order valence-electron chi connectivity index (χ0n) is 20.8. The van der Waals surface area contributed by atoms with Crippen molar-refractivity contribution in [2.24, 2.45) is 10.7 Å². The molecule has 1 atom stereocenters. The number of ether oxygens (including phenoxy) is 2. The van der Waals surface area contributed by atoms with Gasteiger partial charge < -0.3 is 15.2 Å². The van der Waals surface area contributed by atoms with Crippen molar-refractivity contribution in [3.63, 3.8) is 0 Å². The number of fused-ring (bicyclic) bond motifs is 1. The third-order valence-electron chi connectivity index (χ3n) is 5.11. The predicted octanol–water partition coefficient (Wildman–Crippen LogP) is 4.74. The molecule has 0 saturated carbocycles. The normalized spacial score (nSPS) is 13.2. The molecule has 0 amide bonds. The first kappa shape index (κ1) is 25.8. The van der Waals surface area contributed by atoms with Crippen LogP contribution in [0.2, 0.25) is 0 Å². The summed E-state index contributed by atoms with van der Waals surface area (Å²) in [5, 5.41) is 1.03. The molecule has 8 heteroatoms. The summed E-state index contributed by atoms with van der Waals surface area (Å²) < 4.78 is 10.6. The number of hydrogen-bond donors (Lipinski definition) is 1. The number of aliphatic imine (C=N–C) groups is 1. The first-order chi connectivity index (χ1) is 16.7. The summed E-state index contributed by atoms with van der Waals surface area (Å²) in [6.45, 7) is 5.52. The molecule has 0 aromatic carbocycles. The highest BCUT2D eigenvalue weighted by molar-refractivity contribution is 5.75. The molecule has 3 aromatic heterocycles. The lowest BCUT2D eigenvalue weighted by atomic mass is 10.1. The molecule has 0 bridgehead atoms. The van der Waals surface area contributed by atoms with Gasteiger partial charge in [-0.25, -0.2) is 15.0 Å². The summed E-state index contributed by atoms with van der Waals surface area (Å²) in [6.07, 6.45) is 9.27. The number of methoxy groups -OCH3 is 1. The summed E-state index contributed by atoms with van der Waals surface area (Å²) in [4.78, 5) is 30.1. The lowest BCUT2D eigenvalue weighted by Crippen LogP contribution is -2.24. The Morgan fingerprint density at radius 3 is 2.71 bits per heavy atom. The Labute approximate surface area is 206 Å². The molecule has 0 radical (unpaired) electrons. The minimum atomic E-state index is -0.566. The van der Waals surface area contributed by atoms with E-state index in [2.05, 4.69) is 19.9 Å². The van der Waals surface area contributed by atoms with E-state index in [0.717, 1.165) is 35.1 Å². The topological polar surface area (TPSA) is 113 Å². The fourth-order valence-electron chi connectivity index (χ4n) is 3.44. The second kappa shape index (κ2) is 12.1. The third kappa shape index (κ3) is 8.48. The highest BCUT2D eigenvalue weighted by atomic mass is 16.6. The van der Waals surface area contributed by atoms with Gasteiger partial charge in [-0.15, -0.1) is 0 Å². The Morgan fingerprint density at radius 2 is 2.00 bits per heavy atom. The van der Waals surface area contributed by atoms with Crippen molar-refractivity contribution in [1.29, 1.82) is 0 Å². The van der Waals surface area contributed by atoms with E-state index in [1.54, 1.807) is 37.9 Å². The van der Waals surface area contributed by atoms with Crippen molar-refractivity contribution >= 4 is 23.2 Å². The average molecular weight is 476 g/mol. The van der Waals surface area contributed by atoms with E-state index >= 15 is 0 Å². The number of pyridine rings is 3. The van der Waals surface area contributed by atoms with Crippen LogP contribution in [-0.4, -0.2) is 39.8 Å². The number of hydrogen-bond acceptors (Lipinski definition) is 8. The van der Waals surface area contributed by atoms with E-state index in [1.807, 2.05) is 51.1 Å². The molecule has 0 aliphatic carbocycles. The van der Waals surface area contributed by atoms with Crippen molar-refractivity contribution in [2.45, 2.75) is 58.1 Å². The number of aromatic nitrogens is 3. The number of carbonyl (C=O) groups is 1. The number of rotatable bonds is 10. The highest BCUT2D eigenvalue weighted by Gasteiger charge is 2.21. The van der Waals surface area contributed by atoms with Crippen LogP contribution in [0, 0.1) is 0 Å². The van der Waals surface area contributed by atoms with Crippen LogP contribution in [0.15, 0.2) is 65.6 Å². The molecule has 8 nitrogen and oxygen atoms in total. The van der Waals surface area contributed by atoms with Crippen LogP contribution in [-0.2, 0) is 16.0 Å². The zero-order chi connectivity index (χ0) is 25.3. The molecule has 0 fully saturated rings. The van der Waals surface area contributed by atoms with Crippen LogP contribution in [0.5, 0.6) is 5.88 Å². The predicted molar refractivity (Wildman–Crippen MR) is 137 cm³/mol. The second-order valence-corrected chi connectivity index (χ2v) is 9.19. The van der Waals surface area contributed by atoms with E-state index in [4.69, 9.17) is 15.2 Å². The molecule has 3 aromatic rings. The Morgan fingerprint density at radius 1 is 1.17 bits per heavy atom. The van der Waals surface area contributed by atoms with Gasteiger partial charge in [0.2, 0.25) is 5.88 Å². The third-order valence-corrected chi connectivity index (χ3v) is 5.11. The number of nitrogens with two attached hydrogens (primary N) is 1. The maximum Gasteiger partial charge on any atom is 0.308 e. The van der Waals surface area contributed by atoms with E-state index in [9.17, 15) is 4.79 Å². The van der Waals surface area contributed by atoms with Gasteiger partial charge in [-0.2, -0.15) is 0 Å². The van der Waals surface area contributed by atoms with Gasteiger partial charge >= 0.3 is 5.97 Å². The van der Waals surface area contributed by atoms with Crippen LogP contribution in [0.3, 0.4) is 0 Å². The Kier molecular flexibility index (Phi) is 8.89. The first-order valence-electron chi connectivity index (χ1n) is 11.6. The van der Waals surface area contributed by atoms with Gasteiger partial charge in [-0.3, -0.25) is 9.79 Å². The number of esters is 1. The van der Waals surface area contributed by atoms with Crippen molar-refractivity contribution < 1.29 is 14.3 Å². The van der Waals surface area contributed by atoms with Crippen molar-refractivity contribution in [3.8, 4) is 5.88 Å². The number of allylic oxidation sites excluding steroid dienone is 2. The largest absolute Gasteiger partial charge is 0.481 e. The average Bonchev–Trinajstić information content (AvgIpc) is 2.82. The minimum absolute atomic E-state index is 0.0944. The number of carbonyl (C=O) groups excluding carboxylic acids is 1. The first-order valence-corrected chi connectivity index (χ1v) is 11.6. The Bertz CT molecular complexity index is 1180. The van der Waals surface area contributed by atoms with Gasteiger partial charge in [-0.1, -0.05) is 0 Å². The summed E-state index contributed by atoms with van der Waals surface area (Å²) in [5.74, 6) is 0.166. The van der Waals surface area contributed by atoms with E-state index in [0.29, 0.717) is 18.0 Å². The number of nitrogens with zero attached hydrogens (tertiary/aromatic N) is 4. The van der Waals surface area contributed by atoms with Gasteiger partial charge in [0, 0.05) is 41.5 Å². The summed E-state index contributed by atoms with van der Waals surface area (Å²) >= 11 is 0. The number of aryl methyl sites for hydroxylation is 1. The Hall–Kier alpha value is -3.81. The fraction of sp³-hybridized carbons (Fsp3) is 0.370. The van der Waals surface area contributed by atoms with Gasteiger partial charge in [-0.05, 0) is 82.0 Å². The maximum absolute atomic E-state index is 12.4. The molecule has 0 saturated heterocycles. The summed E-state index contributed by atoms with van der Waals surface area (Å²) in [5.41, 5.74) is 8.86. The van der Waals surface area contributed by atoms with E-state index in [-0.39, 0.29) is 12.4 Å². The SMILES string of the molecule is COc1ccc(C(CC(=O)OC(C)(C)C)N=CC=C(N)CCCc2ccc3cccnc3n2)cn1. The lowest BCUT2D eigenvalue weighted by molar-refractivity contribution is -0.155. The molecule has 0 spiro atoms. The molecule has 184 valence electrons. The lowest BCUT2D eigenvalue weighted by Gasteiger charge is -2.21.